The lowest BCUT2D eigenvalue weighted by atomic mass is 9.75. The summed E-state index contributed by atoms with van der Waals surface area (Å²) in [4.78, 5) is 28.7. The van der Waals surface area contributed by atoms with Gasteiger partial charge in [0.1, 0.15) is 11.3 Å². The second kappa shape index (κ2) is 6.97. The van der Waals surface area contributed by atoms with Gasteiger partial charge in [0, 0.05) is 6.07 Å². The summed E-state index contributed by atoms with van der Waals surface area (Å²) >= 11 is 1.01. The number of aromatic nitrogens is 1. The number of rotatable bonds is 5. The highest BCUT2D eigenvalue weighted by molar-refractivity contribution is 7.22. The SMILES string of the molecule is CC(N)C(=O)NC1(C(=O)Nc2nc3ccc(OC(F)(F)F)cc3s2)CCC1. The molecule has 1 fully saturated rings. The van der Waals surface area contributed by atoms with Crippen LogP contribution in [-0.2, 0) is 9.59 Å². The van der Waals surface area contributed by atoms with Crippen LogP contribution in [0.5, 0.6) is 5.75 Å². The van der Waals surface area contributed by atoms with E-state index in [1.54, 1.807) is 0 Å². The molecule has 2 amide bonds. The Morgan fingerprint density at radius 1 is 1.37 bits per heavy atom. The molecule has 1 aromatic carbocycles. The molecule has 0 radical (unpaired) electrons. The van der Waals surface area contributed by atoms with E-state index in [4.69, 9.17) is 5.73 Å². The first-order valence-corrected chi connectivity index (χ1v) is 8.95. The fraction of sp³-hybridized carbons (Fsp3) is 0.438. The maximum atomic E-state index is 12.6. The minimum absolute atomic E-state index is 0.223. The van der Waals surface area contributed by atoms with Crippen LogP contribution in [0.25, 0.3) is 10.2 Å². The van der Waals surface area contributed by atoms with Crippen molar-refractivity contribution in [2.45, 2.75) is 44.1 Å². The Bertz CT molecular complexity index is 877. The first kappa shape index (κ1) is 19.4. The lowest BCUT2D eigenvalue weighted by Crippen LogP contribution is -2.63. The van der Waals surface area contributed by atoms with Crippen molar-refractivity contribution in [3.05, 3.63) is 18.2 Å². The summed E-state index contributed by atoms with van der Waals surface area (Å²) in [6.07, 6.45) is -3.05. The zero-order valence-corrected chi connectivity index (χ0v) is 15.0. The number of nitrogens with zero attached hydrogens (tertiary/aromatic N) is 1. The topological polar surface area (TPSA) is 106 Å². The summed E-state index contributed by atoms with van der Waals surface area (Å²) in [5, 5.41) is 5.53. The van der Waals surface area contributed by atoms with E-state index in [-0.39, 0.29) is 10.9 Å². The lowest BCUT2D eigenvalue weighted by molar-refractivity contribution is -0.274. The van der Waals surface area contributed by atoms with Crippen molar-refractivity contribution in [2.24, 2.45) is 5.73 Å². The normalized spacial score (nSPS) is 17.1. The van der Waals surface area contributed by atoms with Gasteiger partial charge in [-0.2, -0.15) is 0 Å². The van der Waals surface area contributed by atoms with Gasteiger partial charge in [0.15, 0.2) is 5.13 Å². The maximum Gasteiger partial charge on any atom is 0.573 e. The minimum Gasteiger partial charge on any atom is -0.406 e. The average molecular weight is 402 g/mol. The summed E-state index contributed by atoms with van der Waals surface area (Å²) < 4.78 is 41.3. The molecule has 1 atom stereocenters. The Morgan fingerprint density at radius 2 is 2.07 bits per heavy atom. The van der Waals surface area contributed by atoms with Crippen LogP contribution < -0.4 is 21.1 Å². The van der Waals surface area contributed by atoms with E-state index in [1.807, 2.05) is 0 Å². The smallest absolute Gasteiger partial charge is 0.406 e. The fourth-order valence-electron chi connectivity index (χ4n) is 2.66. The van der Waals surface area contributed by atoms with Gasteiger partial charge in [-0.25, -0.2) is 4.98 Å². The number of halogens is 3. The van der Waals surface area contributed by atoms with Crippen molar-refractivity contribution < 1.29 is 27.5 Å². The zero-order valence-electron chi connectivity index (χ0n) is 14.2. The summed E-state index contributed by atoms with van der Waals surface area (Å²) in [7, 11) is 0. The summed E-state index contributed by atoms with van der Waals surface area (Å²) in [5.74, 6) is -1.21. The van der Waals surface area contributed by atoms with Crippen molar-refractivity contribution >= 4 is 38.5 Å². The number of anilines is 1. The quantitative estimate of drug-likeness (QED) is 0.713. The number of ether oxygens (including phenoxy) is 1. The van der Waals surface area contributed by atoms with Gasteiger partial charge in [0.25, 0.3) is 5.91 Å². The number of hydrogen-bond acceptors (Lipinski definition) is 6. The molecule has 2 aromatic rings. The molecule has 146 valence electrons. The van der Waals surface area contributed by atoms with Gasteiger partial charge < -0.3 is 15.8 Å². The number of hydrogen-bond donors (Lipinski definition) is 3. The highest BCUT2D eigenvalue weighted by Gasteiger charge is 2.46. The van der Waals surface area contributed by atoms with Crippen molar-refractivity contribution in [2.75, 3.05) is 5.32 Å². The molecule has 1 aliphatic rings. The number of benzene rings is 1. The molecule has 11 heteroatoms. The van der Waals surface area contributed by atoms with Crippen LogP contribution >= 0.6 is 11.3 Å². The van der Waals surface area contributed by atoms with Crippen LogP contribution in [0.2, 0.25) is 0 Å². The third-order valence-electron chi connectivity index (χ3n) is 4.23. The number of thiazole rings is 1. The number of nitrogens with one attached hydrogen (secondary N) is 2. The summed E-state index contributed by atoms with van der Waals surface area (Å²) in [6, 6.07) is 2.98. The number of amides is 2. The monoisotopic (exact) mass is 402 g/mol. The zero-order chi connectivity index (χ0) is 19.8. The van der Waals surface area contributed by atoms with Crippen LogP contribution in [0.3, 0.4) is 0 Å². The van der Waals surface area contributed by atoms with E-state index < -0.39 is 29.8 Å². The molecular formula is C16H17F3N4O3S. The number of nitrogens with two attached hydrogens (primary N) is 1. The minimum atomic E-state index is -4.79. The highest BCUT2D eigenvalue weighted by Crippen LogP contribution is 2.35. The Balaban J connectivity index is 1.75. The van der Waals surface area contributed by atoms with Crippen molar-refractivity contribution in [1.82, 2.24) is 10.3 Å². The van der Waals surface area contributed by atoms with Gasteiger partial charge in [-0.05, 0) is 38.3 Å². The number of carbonyl (C=O) groups excluding carboxylic acids is 2. The molecule has 7 nitrogen and oxygen atoms in total. The van der Waals surface area contributed by atoms with Crippen LogP contribution in [-0.4, -0.2) is 34.7 Å². The van der Waals surface area contributed by atoms with Gasteiger partial charge in [-0.1, -0.05) is 11.3 Å². The first-order valence-electron chi connectivity index (χ1n) is 8.13. The number of alkyl halides is 3. The second-order valence-corrected chi connectivity index (χ2v) is 7.39. The molecule has 0 saturated heterocycles. The van der Waals surface area contributed by atoms with E-state index >= 15 is 0 Å². The Labute approximate surface area is 156 Å². The maximum absolute atomic E-state index is 12.6. The third kappa shape index (κ3) is 4.30. The molecule has 1 aliphatic carbocycles. The van der Waals surface area contributed by atoms with E-state index in [0.717, 1.165) is 23.8 Å². The molecule has 1 heterocycles. The fourth-order valence-corrected chi connectivity index (χ4v) is 3.55. The molecule has 4 N–H and O–H groups in total. The predicted octanol–water partition coefficient (Wildman–Crippen LogP) is 2.52. The van der Waals surface area contributed by atoms with Gasteiger partial charge in [-0.15, -0.1) is 13.2 Å². The molecule has 27 heavy (non-hydrogen) atoms. The number of fused-ring (bicyclic) bond motifs is 1. The Hall–Kier alpha value is -2.40. The van der Waals surface area contributed by atoms with Gasteiger partial charge in [-0.3, -0.25) is 14.9 Å². The molecular weight excluding hydrogens is 385 g/mol. The molecule has 1 unspecified atom stereocenters. The first-order chi connectivity index (χ1) is 12.6. The van der Waals surface area contributed by atoms with E-state index in [9.17, 15) is 22.8 Å². The van der Waals surface area contributed by atoms with Gasteiger partial charge >= 0.3 is 6.36 Å². The molecule has 0 bridgehead atoms. The third-order valence-corrected chi connectivity index (χ3v) is 5.17. The molecule has 3 rings (SSSR count). The Morgan fingerprint density at radius 3 is 2.63 bits per heavy atom. The van der Waals surface area contributed by atoms with Crippen LogP contribution in [0.1, 0.15) is 26.2 Å². The van der Waals surface area contributed by atoms with E-state index in [1.165, 1.54) is 19.1 Å². The Kier molecular flexibility index (Phi) is 5.00. The molecule has 1 saturated carbocycles. The van der Waals surface area contributed by atoms with Crippen molar-refractivity contribution in [1.29, 1.82) is 0 Å². The molecule has 0 aliphatic heterocycles. The lowest BCUT2D eigenvalue weighted by Gasteiger charge is -2.40. The van der Waals surface area contributed by atoms with Crippen molar-refractivity contribution in [3.63, 3.8) is 0 Å². The summed E-state index contributed by atoms with van der Waals surface area (Å²) in [5.41, 5.74) is 4.93. The van der Waals surface area contributed by atoms with Gasteiger partial charge in [0.05, 0.1) is 16.3 Å². The molecule has 0 spiro atoms. The van der Waals surface area contributed by atoms with Crippen LogP contribution in [0, 0.1) is 0 Å². The van der Waals surface area contributed by atoms with Crippen LogP contribution in [0.15, 0.2) is 18.2 Å². The van der Waals surface area contributed by atoms with E-state index in [0.29, 0.717) is 23.1 Å². The van der Waals surface area contributed by atoms with Crippen molar-refractivity contribution in [3.8, 4) is 5.75 Å². The predicted molar refractivity (Wildman–Crippen MR) is 93.3 cm³/mol. The highest BCUT2D eigenvalue weighted by atomic mass is 32.1. The van der Waals surface area contributed by atoms with E-state index in [2.05, 4.69) is 20.4 Å². The largest absolute Gasteiger partial charge is 0.573 e. The number of carbonyl (C=O) groups is 2. The second-order valence-electron chi connectivity index (χ2n) is 6.36. The summed E-state index contributed by atoms with van der Waals surface area (Å²) in [6.45, 7) is 1.52. The average Bonchev–Trinajstić information content (AvgIpc) is 2.90. The standard InChI is InChI=1S/C16H17F3N4O3S/c1-8(20)12(24)23-15(5-2-6-15)13(25)22-14-21-10-4-3-9(7-11(10)27-14)26-16(17,18)19/h3-4,7-8H,2,5-6,20H2,1H3,(H,23,24)(H,21,22,25). The molecule has 1 aromatic heterocycles. The van der Waals surface area contributed by atoms with Crippen LogP contribution in [0.4, 0.5) is 18.3 Å². The van der Waals surface area contributed by atoms with Gasteiger partial charge in [0.2, 0.25) is 5.91 Å².